The van der Waals surface area contributed by atoms with E-state index < -0.39 is 0 Å². The zero-order valence-electron chi connectivity index (χ0n) is 23.9. The van der Waals surface area contributed by atoms with Gasteiger partial charge in [0.2, 0.25) is 0 Å². The van der Waals surface area contributed by atoms with E-state index in [9.17, 15) is 5.11 Å². The predicted molar refractivity (Wildman–Crippen MR) is 154 cm³/mol. The van der Waals surface area contributed by atoms with Crippen molar-refractivity contribution >= 4 is 0 Å². The van der Waals surface area contributed by atoms with E-state index in [1.807, 2.05) is 58.1 Å². The van der Waals surface area contributed by atoms with Gasteiger partial charge in [0.15, 0.2) is 6.73 Å². The summed E-state index contributed by atoms with van der Waals surface area (Å²) in [5.74, 6) is 0. The van der Waals surface area contributed by atoms with Crippen LogP contribution in [0.5, 0.6) is 0 Å². The number of methoxy groups -OCH3 is 2. The van der Waals surface area contributed by atoms with Crippen LogP contribution >= 0.6 is 0 Å². The van der Waals surface area contributed by atoms with Gasteiger partial charge in [-0.2, -0.15) is 0 Å². The molecule has 0 saturated heterocycles. The van der Waals surface area contributed by atoms with Gasteiger partial charge in [0.1, 0.15) is 6.73 Å². The molecular formula is C28H51N5O4. The number of rotatable bonds is 9. The Morgan fingerprint density at radius 3 is 2.14 bits per heavy atom. The summed E-state index contributed by atoms with van der Waals surface area (Å²) in [5, 5.41) is 16.3. The average Bonchev–Trinajstić information content (AvgIpc) is 2.93. The highest BCUT2D eigenvalue weighted by molar-refractivity contribution is 5.32. The Balaban J connectivity index is 0. The van der Waals surface area contributed by atoms with Gasteiger partial charge in [0, 0.05) is 20.3 Å². The number of fused-ring (bicyclic) bond motifs is 1. The van der Waals surface area contributed by atoms with Crippen LogP contribution in [0.3, 0.4) is 0 Å². The maximum Gasteiger partial charge on any atom is 0.178 e. The third-order valence-corrected chi connectivity index (χ3v) is 5.02. The van der Waals surface area contributed by atoms with Gasteiger partial charge < -0.3 is 20.3 Å². The minimum Gasteiger partial charge on any atom is -0.380 e. The van der Waals surface area contributed by atoms with Crippen LogP contribution in [0.1, 0.15) is 56.3 Å². The summed E-state index contributed by atoms with van der Waals surface area (Å²) < 4.78 is 8.79. The molecule has 0 spiro atoms. The number of nitrogens with two attached hydrogens (primary N) is 1. The predicted octanol–water partition coefficient (Wildman–Crippen LogP) is 4.22. The van der Waals surface area contributed by atoms with Crippen molar-refractivity contribution in [2.75, 3.05) is 48.5 Å². The average molecular weight is 522 g/mol. The summed E-state index contributed by atoms with van der Waals surface area (Å²) in [7, 11) is 6.76. The standard InChI is InChI=1S/C12H18N2O.C9H13N.C3H9NO.C2H5NO2.C2H6/c1-13-14(9-15)12-8-4-6-10-5-2-3-7-11(10)12;1-8(10)7-9-5-3-2-4-6-9;1-4-3-5-2;1-5-2-3-4;1-2/h2-3,5,7,12-13,15H,4,6,8-9H2,1H3;2-6,8H,7,10H2,1H3;4H,3H2,1-2H3;2H2,1H3;1-2H3. The van der Waals surface area contributed by atoms with E-state index in [4.69, 9.17) is 10.6 Å². The molecule has 3 rings (SSSR count). The number of ether oxygens (including phenoxy) is 2. The molecule has 0 aliphatic heterocycles. The van der Waals surface area contributed by atoms with Gasteiger partial charge in [-0.15, -0.1) is 4.91 Å². The van der Waals surface area contributed by atoms with E-state index >= 15 is 0 Å². The van der Waals surface area contributed by atoms with E-state index in [2.05, 4.69) is 61.8 Å². The zero-order valence-corrected chi connectivity index (χ0v) is 23.9. The second-order valence-electron chi connectivity index (χ2n) is 7.94. The molecule has 2 aromatic carbocycles. The largest absolute Gasteiger partial charge is 0.380 e. The number of hydrogen-bond donors (Lipinski definition) is 4. The molecule has 0 radical (unpaired) electrons. The van der Waals surface area contributed by atoms with Crippen molar-refractivity contribution in [2.45, 2.75) is 58.5 Å². The molecule has 2 aromatic rings. The van der Waals surface area contributed by atoms with Crippen LogP contribution in [0.4, 0.5) is 0 Å². The van der Waals surface area contributed by atoms with Gasteiger partial charge in [0.05, 0.1) is 12.8 Å². The van der Waals surface area contributed by atoms with Crippen LogP contribution in [0.25, 0.3) is 0 Å². The molecule has 0 bridgehead atoms. The number of nitroso groups, excluding NO2 is 1. The molecule has 2 atom stereocenters. The molecule has 0 amide bonds. The zero-order chi connectivity index (χ0) is 28.3. The lowest BCUT2D eigenvalue weighted by Gasteiger charge is -2.33. The summed E-state index contributed by atoms with van der Waals surface area (Å²) in [6.07, 6.45) is 4.44. The lowest BCUT2D eigenvalue weighted by molar-refractivity contribution is 0.0220. The first-order valence-electron chi connectivity index (χ1n) is 12.8. The van der Waals surface area contributed by atoms with Crippen LogP contribution in [0, 0.1) is 4.91 Å². The Bertz CT molecular complexity index is 744. The quantitative estimate of drug-likeness (QED) is 0.220. The molecule has 1 aliphatic carbocycles. The topological polar surface area (TPSA) is 121 Å². The number of hydrazine groups is 1. The maximum absolute atomic E-state index is 9.27. The minimum absolute atomic E-state index is 0.0417. The fraction of sp³-hybridized carbons (Fsp3) is 0.571. The van der Waals surface area contributed by atoms with Gasteiger partial charge in [-0.05, 0) is 68.6 Å². The SMILES string of the molecule is CC.CC(N)Cc1ccccc1.CNCOC.CNN(CO)C1CCCc2ccccc21.COCN=O. The van der Waals surface area contributed by atoms with Crippen LogP contribution in [0.2, 0.25) is 0 Å². The normalized spacial score (nSPS) is 14.1. The van der Waals surface area contributed by atoms with Gasteiger partial charge in [0.25, 0.3) is 0 Å². The Hall–Kier alpha value is -2.24. The van der Waals surface area contributed by atoms with Crippen molar-refractivity contribution in [2.24, 2.45) is 10.9 Å². The number of nitrogens with zero attached hydrogens (tertiary/aromatic N) is 2. The Labute approximate surface area is 224 Å². The summed E-state index contributed by atoms with van der Waals surface area (Å²) >= 11 is 0. The van der Waals surface area contributed by atoms with Crippen molar-refractivity contribution < 1.29 is 14.6 Å². The van der Waals surface area contributed by atoms with Crippen molar-refractivity contribution in [1.29, 1.82) is 0 Å². The van der Waals surface area contributed by atoms with E-state index in [0.717, 1.165) is 19.3 Å². The molecule has 9 heteroatoms. The second kappa shape index (κ2) is 26.8. The van der Waals surface area contributed by atoms with Gasteiger partial charge in [-0.3, -0.25) is 10.7 Å². The monoisotopic (exact) mass is 521 g/mol. The lowest BCUT2D eigenvalue weighted by atomic mass is 9.87. The maximum atomic E-state index is 9.27. The first-order chi connectivity index (χ1) is 18.0. The molecule has 37 heavy (non-hydrogen) atoms. The van der Waals surface area contributed by atoms with Crippen molar-refractivity contribution in [1.82, 2.24) is 15.8 Å². The third-order valence-electron chi connectivity index (χ3n) is 5.02. The molecule has 0 aromatic heterocycles. The first kappa shape index (κ1) is 36.9. The molecule has 212 valence electrons. The van der Waals surface area contributed by atoms with Gasteiger partial charge >= 0.3 is 0 Å². The summed E-state index contributed by atoms with van der Waals surface area (Å²) in [4.78, 5) is 9.03. The van der Waals surface area contributed by atoms with Crippen LogP contribution in [-0.4, -0.2) is 64.7 Å². The van der Waals surface area contributed by atoms with E-state index in [1.54, 1.807) is 7.11 Å². The van der Waals surface area contributed by atoms with E-state index in [0.29, 0.717) is 12.8 Å². The summed E-state index contributed by atoms with van der Waals surface area (Å²) in [6.45, 7) is 6.67. The lowest BCUT2D eigenvalue weighted by Crippen LogP contribution is -2.40. The van der Waals surface area contributed by atoms with E-state index in [1.165, 1.54) is 30.2 Å². The highest BCUT2D eigenvalue weighted by Crippen LogP contribution is 2.32. The number of nitrogens with one attached hydrogen (secondary N) is 2. The van der Waals surface area contributed by atoms with E-state index in [-0.39, 0.29) is 19.5 Å². The van der Waals surface area contributed by atoms with Crippen molar-refractivity contribution in [3.63, 3.8) is 0 Å². The third kappa shape index (κ3) is 18.6. The number of hydrogen-bond acceptors (Lipinski definition) is 9. The highest BCUT2D eigenvalue weighted by atomic mass is 16.5. The minimum atomic E-state index is -0.0417. The Kier molecular flexibility index (Phi) is 26.8. The molecule has 0 heterocycles. The number of benzene rings is 2. The molecule has 9 nitrogen and oxygen atoms in total. The number of aryl methyl sites for hydroxylation is 1. The smallest absolute Gasteiger partial charge is 0.178 e. The molecular weight excluding hydrogens is 470 g/mol. The van der Waals surface area contributed by atoms with Gasteiger partial charge in [-0.25, -0.2) is 5.01 Å². The fourth-order valence-electron chi connectivity index (χ4n) is 3.56. The van der Waals surface area contributed by atoms with Crippen LogP contribution in [0.15, 0.2) is 59.8 Å². The highest BCUT2D eigenvalue weighted by Gasteiger charge is 2.24. The summed E-state index contributed by atoms with van der Waals surface area (Å²) in [6, 6.07) is 19.4. The fourth-order valence-corrected chi connectivity index (χ4v) is 3.56. The number of aliphatic hydroxyl groups excluding tert-OH is 1. The van der Waals surface area contributed by atoms with Crippen molar-refractivity contribution in [3.8, 4) is 0 Å². The van der Waals surface area contributed by atoms with Crippen LogP contribution < -0.4 is 16.5 Å². The first-order valence-corrected chi connectivity index (χ1v) is 12.8. The summed E-state index contributed by atoms with van der Waals surface area (Å²) in [5.41, 5.74) is 12.8. The van der Waals surface area contributed by atoms with Gasteiger partial charge in [-0.1, -0.05) is 68.4 Å². The Morgan fingerprint density at radius 2 is 1.70 bits per heavy atom. The molecule has 5 N–H and O–H groups in total. The Morgan fingerprint density at radius 1 is 1.08 bits per heavy atom. The van der Waals surface area contributed by atoms with Crippen molar-refractivity contribution in [3.05, 3.63) is 76.2 Å². The molecule has 0 fully saturated rings. The number of aliphatic hydroxyl groups is 1. The molecule has 0 saturated carbocycles. The van der Waals surface area contributed by atoms with Crippen LogP contribution in [-0.2, 0) is 22.3 Å². The molecule has 1 aliphatic rings. The second-order valence-corrected chi connectivity index (χ2v) is 7.94. The molecule has 2 unspecified atom stereocenters.